The van der Waals surface area contributed by atoms with E-state index in [4.69, 9.17) is 4.74 Å². The van der Waals surface area contributed by atoms with Gasteiger partial charge in [-0.25, -0.2) is 17.9 Å². The van der Waals surface area contributed by atoms with E-state index in [0.717, 1.165) is 5.56 Å². The Labute approximate surface area is 206 Å². The Kier molecular flexibility index (Phi) is 8.84. The molecule has 9 heteroatoms. The second-order valence-electron chi connectivity index (χ2n) is 8.47. The van der Waals surface area contributed by atoms with E-state index in [0.29, 0.717) is 29.4 Å². The van der Waals surface area contributed by atoms with E-state index in [-0.39, 0.29) is 17.4 Å². The van der Waals surface area contributed by atoms with E-state index in [1.165, 1.54) is 6.07 Å². The number of hydrogen-bond donors (Lipinski definition) is 3. The first kappa shape index (κ1) is 26.2. The van der Waals surface area contributed by atoms with Gasteiger partial charge in [-0.15, -0.1) is 0 Å². The average molecular weight is 498 g/mol. The highest BCUT2D eigenvalue weighted by molar-refractivity contribution is 7.89. The molecule has 3 aromatic carbocycles. The number of carbonyl (C=O) groups excluding carboxylic acids is 2. The van der Waals surface area contributed by atoms with Gasteiger partial charge in [0.2, 0.25) is 15.9 Å². The number of hydrogen-bond acceptors (Lipinski definition) is 5. The zero-order valence-electron chi connectivity index (χ0n) is 20.1. The molecule has 0 heterocycles. The molecule has 0 spiro atoms. The molecule has 2 amide bonds. The van der Waals surface area contributed by atoms with E-state index < -0.39 is 28.1 Å². The third kappa shape index (κ3) is 6.80. The summed E-state index contributed by atoms with van der Waals surface area (Å²) in [4.78, 5) is 25.6. The van der Waals surface area contributed by atoms with Gasteiger partial charge >= 0.3 is 6.09 Å². The van der Waals surface area contributed by atoms with Crippen LogP contribution in [-0.4, -0.2) is 33.0 Å². The predicted molar refractivity (Wildman–Crippen MR) is 136 cm³/mol. The summed E-state index contributed by atoms with van der Waals surface area (Å²) in [6.07, 6.45) is -0.0288. The molecule has 0 unspecified atom stereocenters. The standard InChI is InChI=1S/C26H31N3O5S/c1-4-16-27-35(32,33)23-15-9-12-20-21(23)13-8-14-22(20)28-25(30)24(18(2)3)29-26(31)34-17-19-10-6-5-7-11-19/h5-15,18,24,27H,4,16-17H2,1-3H3,(H,28,30)(H,29,31)/t24-/m0/s1. The van der Waals surface area contributed by atoms with Crippen molar-refractivity contribution in [2.24, 2.45) is 5.92 Å². The summed E-state index contributed by atoms with van der Waals surface area (Å²) in [7, 11) is -3.71. The third-order valence-electron chi connectivity index (χ3n) is 5.41. The van der Waals surface area contributed by atoms with Gasteiger partial charge in [-0.1, -0.05) is 75.4 Å². The summed E-state index contributed by atoms with van der Waals surface area (Å²) >= 11 is 0. The highest BCUT2D eigenvalue weighted by atomic mass is 32.2. The van der Waals surface area contributed by atoms with Crippen LogP contribution in [-0.2, 0) is 26.2 Å². The molecule has 35 heavy (non-hydrogen) atoms. The number of rotatable bonds is 10. The lowest BCUT2D eigenvalue weighted by atomic mass is 10.0. The van der Waals surface area contributed by atoms with Crippen LogP contribution in [0.5, 0.6) is 0 Å². The van der Waals surface area contributed by atoms with Crippen LogP contribution in [0, 0.1) is 5.92 Å². The van der Waals surface area contributed by atoms with Gasteiger partial charge in [0.1, 0.15) is 12.6 Å². The van der Waals surface area contributed by atoms with Crippen molar-refractivity contribution in [3.05, 3.63) is 72.3 Å². The highest BCUT2D eigenvalue weighted by Crippen LogP contribution is 2.29. The first-order valence-corrected chi connectivity index (χ1v) is 13.0. The lowest BCUT2D eigenvalue weighted by molar-refractivity contribution is -0.119. The number of carbonyl (C=O) groups is 2. The van der Waals surface area contributed by atoms with Crippen LogP contribution in [0.3, 0.4) is 0 Å². The van der Waals surface area contributed by atoms with Crippen molar-refractivity contribution in [3.63, 3.8) is 0 Å². The molecule has 0 aliphatic carbocycles. The molecular weight excluding hydrogens is 466 g/mol. The third-order valence-corrected chi connectivity index (χ3v) is 6.93. The fourth-order valence-electron chi connectivity index (χ4n) is 3.58. The smallest absolute Gasteiger partial charge is 0.408 e. The van der Waals surface area contributed by atoms with Gasteiger partial charge in [-0.05, 0) is 30.0 Å². The van der Waals surface area contributed by atoms with Crippen LogP contribution < -0.4 is 15.4 Å². The van der Waals surface area contributed by atoms with Crippen LogP contribution in [0.2, 0.25) is 0 Å². The molecule has 0 bridgehead atoms. The maximum absolute atomic E-state index is 13.1. The van der Waals surface area contributed by atoms with Gasteiger partial charge in [0.05, 0.1) is 4.90 Å². The molecule has 3 rings (SSSR count). The Morgan fingerprint density at radius 1 is 0.914 bits per heavy atom. The Bertz CT molecular complexity index is 1280. The van der Waals surface area contributed by atoms with Crippen molar-refractivity contribution in [1.29, 1.82) is 0 Å². The molecule has 3 N–H and O–H groups in total. The van der Waals surface area contributed by atoms with Gasteiger partial charge < -0.3 is 15.4 Å². The number of alkyl carbamates (subject to hydrolysis) is 1. The molecule has 0 aliphatic rings. The summed E-state index contributed by atoms with van der Waals surface area (Å²) in [5, 5.41) is 6.55. The molecule has 0 saturated carbocycles. The average Bonchev–Trinajstić information content (AvgIpc) is 2.85. The number of benzene rings is 3. The normalized spacial score (nSPS) is 12.3. The first-order valence-electron chi connectivity index (χ1n) is 11.5. The van der Waals surface area contributed by atoms with Gasteiger partial charge in [-0.3, -0.25) is 4.79 Å². The fraction of sp³-hybridized carbons (Fsp3) is 0.308. The van der Waals surface area contributed by atoms with E-state index in [1.54, 1.807) is 30.3 Å². The van der Waals surface area contributed by atoms with Gasteiger partial charge in [0.25, 0.3) is 0 Å². The van der Waals surface area contributed by atoms with Crippen LogP contribution in [0.4, 0.5) is 10.5 Å². The van der Waals surface area contributed by atoms with Crippen molar-refractivity contribution < 1.29 is 22.7 Å². The molecule has 3 aromatic rings. The molecule has 186 valence electrons. The van der Waals surface area contributed by atoms with Crippen molar-refractivity contribution in [1.82, 2.24) is 10.0 Å². The maximum atomic E-state index is 13.1. The molecule has 0 saturated heterocycles. The van der Waals surface area contributed by atoms with E-state index in [9.17, 15) is 18.0 Å². The minimum Gasteiger partial charge on any atom is -0.445 e. The summed E-state index contributed by atoms with van der Waals surface area (Å²) < 4.78 is 33.4. The predicted octanol–water partition coefficient (Wildman–Crippen LogP) is 4.42. The van der Waals surface area contributed by atoms with Crippen LogP contribution in [0.25, 0.3) is 10.8 Å². The number of amides is 2. The van der Waals surface area contributed by atoms with Crippen molar-refractivity contribution in [2.75, 3.05) is 11.9 Å². The number of ether oxygens (including phenoxy) is 1. The Hall–Kier alpha value is -3.43. The van der Waals surface area contributed by atoms with E-state index in [1.807, 2.05) is 51.1 Å². The van der Waals surface area contributed by atoms with Gasteiger partial charge in [0.15, 0.2) is 0 Å². The SMILES string of the molecule is CCCNS(=O)(=O)c1cccc2c(NC(=O)[C@@H](NC(=O)OCc3ccccc3)C(C)C)cccc12. The molecular formula is C26H31N3O5S. The topological polar surface area (TPSA) is 114 Å². The van der Waals surface area contributed by atoms with Crippen molar-refractivity contribution >= 4 is 38.5 Å². The fourth-order valence-corrected chi connectivity index (χ4v) is 4.93. The highest BCUT2D eigenvalue weighted by Gasteiger charge is 2.26. The Morgan fingerprint density at radius 2 is 1.60 bits per heavy atom. The number of fused-ring (bicyclic) bond motifs is 1. The maximum Gasteiger partial charge on any atom is 0.408 e. The van der Waals surface area contributed by atoms with Crippen molar-refractivity contribution in [2.45, 2.75) is 44.7 Å². The minimum absolute atomic E-state index is 0.0890. The molecule has 0 radical (unpaired) electrons. The lowest BCUT2D eigenvalue weighted by Crippen LogP contribution is -2.47. The summed E-state index contributed by atoms with van der Waals surface area (Å²) in [6, 6.07) is 18.4. The second kappa shape index (κ2) is 11.8. The minimum atomic E-state index is -3.71. The monoisotopic (exact) mass is 497 g/mol. The molecule has 1 atom stereocenters. The molecule has 0 aromatic heterocycles. The number of nitrogens with one attached hydrogen (secondary N) is 3. The zero-order valence-corrected chi connectivity index (χ0v) is 20.9. The Morgan fingerprint density at radius 3 is 2.29 bits per heavy atom. The molecule has 0 aliphatic heterocycles. The number of sulfonamides is 1. The first-order chi connectivity index (χ1) is 16.7. The zero-order chi connectivity index (χ0) is 25.4. The van der Waals surface area contributed by atoms with Crippen LogP contribution >= 0.6 is 0 Å². The second-order valence-corrected chi connectivity index (χ2v) is 10.2. The van der Waals surface area contributed by atoms with Crippen LogP contribution in [0.15, 0.2) is 71.6 Å². The lowest BCUT2D eigenvalue weighted by Gasteiger charge is -2.22. The largest absolute Gasteiger partial charge is 0.445 e. The van der Waals surface area contributed by atoms with E-state index in [2.05, 4.69) is 15.4 Å². The van der Waals surface area contributed by atoms with Crippen molar-refractivity contribution in [3.8, 4) is 0 Å². The summed E-state index contributed by atoms with van der Waals surface area (Å²) in [5.74, 6) is -0.648. The van der Waals surface area contributed by atoms with Gasteiger partial charge in [0, 0.05) is 23.0 Å². The number of anilines is 1. The quantitative estimate of drug-likeness (QED) is 0.384. The summed E-state index contributed by atoms with van der Waals surface area (Å²) in [5.41, 5.74) is 1.29. The Balaban J connectivity index is 1.78. The van der Waals surface area contributed by atoms with Crippen LogP contribution in [0.1, 0.15) is 32.8 Å². The molecule has 8 nitrogen and oxygen atoms in total. The van der Waals surface area contributed by atoms with E-state index >= 15 is 0 Å². The molecule has 0 fully saturated rings. The summed E-state index contributed by atoms with van der Waals surface area (Å²) in [6.45, 7) is 5.93. The van der Waals surface area contributed by atoms with Gasteiger partial charge in [-0.2, -0.15) is 0 Å².